The van der Waals surface area contributed by atoms with Gasteiger partial charge in [-0.25, -0.2) is 4.98 Å². The number of fused-ring (bicyclic) bond motifs is 1. The van der Waals surface area contributed by atoms with Crippen molar-refractivity contribution in [2.75, 3.05) is 31.2 Å². The molecule has 1 amide bonds. The lowest BCUT2D eigenvalue weighted by atomic mass is 10.2. The van der Waals surface area contributed by atoms with E-state index in [1.165, 1.54) is 5.69 Å². The molecule has 6 heteroatoms. The van der Waals surface area contributed by atoms with Crippen LogP contribution in [0.15, 0.2) is 48.7 Å². The summed E-state index contributed by atoms with van der Waals surface area (Å²) in [6, 6.07) is 14.1. The fraction of sp³-hybridized carbons (Fsp3) is 0.300. The van der Waals surface area contributed by atoms with Crippen molar-refractivity contribution in [3.8, 4) is 0 Å². The molecule has 0 unspecified atom stereocenters. The van der Waals surface area contributed by atoms with E-state index in [-0.39, 0.29) is 5.91 Å². The number of ether oxygens (including phenoxy) is 1. The Hall–Kier alpha value is -2.86. The van der Waals surface area contributed by atoms with Crippen LogP contribution in [0.1, 0.15) is 21.7 Å². The number of rotatable bonds is 4. The largest absolute Gasteiger partial charge is 0.378 e. The second-order valence-electron chi connectivity index (χ2n) is 6.47. The van der Waals surface area contributed by atoms with Gasteiger partial charge in [-0.1, -0.05) is 18.2 Å². The zero-order valence-electron chi connectivity index (χ0n) is 14.8. The van der Waals surface area contributed by atoms with Gasteiger partial charge in [0.15, 0.2) is 0 Å². The van der Waals surface area contributed by atoms with Crippen LogP contribution in [0.2, 0.25) is 0 Å². The van der Waals surface area contributed by atoms with Crippen molar-refractivity contribution in [2.45, 2.75) is 13.5 Å². The number of aryl methyl sites for hydroxylation is 1. The first kappa shape index (κ1) is 16.6. The molecule has 0 saturated carbocycles. The van der Waals surface area contributed by atoms with Gasteiger partial charge in [-0.15, -0.1) is 0 Å². The Bertz CT molecular complexity index is 911. The molecule has 1 aliphatic rings. The van der Waals surface area contributed by atoms with Gasteiger partial charge in [-0.05, 0) is 36.8 Å². The first-order valence-electron chi connectivity index (χ1n) is 8.85. The molecule has 0 radical (unpaired) electrons. The topological polar surface area (TPSA) is 58.9 Å². The molecule has 26 heavy (non-hydrogen) atoms. The molecule has 0 atom stereocenters. The number of hydrogen-bond acceptors (Lipinski definition) is 4. The van der Waals surface area contributed by atoms with Gasteiger partial charge in [0.25, 0.3) is 5.91 Å². The van der Waals surface area contributed by atoms with E-state index >= 15 is 0 Å². The van der Waals surface area contributed by atoms with E-state index in [1.54, 1.807) is 6.20 Å². The number of carbonyl (C=O) groups excluding carboxylic acids is 1. The zero-order chi connectivity index (χ0) is 17.9. The average molecular weight is 350 g/mol. The van der Waals surface area contributed by atoms with Crippen LogP contribution in [0.5, 0.6) is 0 Å². The molecular weight excluding hydrogens is 328 g/mol. The highest BCUT2D eigenvalue weighted by molar-refractivity contribution is 5.92. The predicted molar refractivity (Wildman–Crippen MR) is 101 cm³/mol. The van der Waals surface area contributed by atoms with E-state index in [2.05, 4.69) is 39.5 Å². The molecule has 0 spiro atoms. The van der Waals surface area contributed by atoms with Gasteiger partial charge in [0.1, 0.15) is 11.3 Å². The molecule has 3 heterocycles. The Labute approximate surface area is 152 Å². The fourth-order valence-electron chi connectivity index (χ4n) is 3.18. The van der Waals surface area contributed by atoms with Gasteiger partial charge < -0.3 is 19.4 Å². The maximum atomic E-state index is 12.4. The summed E-state index contributed by atoms with van der Waals surface area (Å²) >= 11 is 0. The average Bonchev–Trinajstić information content (AvgIpc) is 3.13. The van der Waals surface area contributed by atoms with Gasteiger partial charge in [0.05, 0.1) is 13.2 Å². The number of aromatic nitrogens is 2. The SMILES string of the molecule is Cc1cccc2nc(C(=O)NCc3ccc(N4CCOCC4)cc3)cn12. The van der Waals surface area contributed by atoms with Crippen LogP contribution < -0.4 is 10.2 Å². The number of nitrogens with one attached hydrogen (secondary N) is 1. The van der Waals surface area contributed by atoms with Crippen molar-refractivity contribution < 1.29 is 9.53 Å². The summed E-state index contributed by atoms with van der Waals surface area (Å²) in [6.45, 7) is 5.86. The number of carbonyl (C=O) groups is 1. The smallest absolute Gasteiger partial charge is 0.271 e. The first-order chi connectivity index (χ1) is 12.7. The third-order valence-electron chi connectivity index (χ3n) is 4.69. The summed E-state index contributed by atoms with van der Waals surface area (Å²) in [7, 11) is 0. The van der Waals surface area contributed by atoms with Crippen LogP contribution in [0.25, 0.3) is 5.65 Å². The van der Waals surface area contributed by atoms with Crippen LogP contribution in [-0.2, 0) is 11.3 Å². The maximum Gasteiger partial charge on any atom is 0.271 e. The number of imidazole rings is 1. The number of benzene rings is 1. The molecule has 4 rings (SSSR count). The van der Waals surface area contributed by atoms with Gasteiger partial charge in [-0.2, -0.15) is 0 Å². The maximum absolute atomic E-state index is 12.4. The van der Waals surface area contributed by atoms with Crippen molar-refractivity contribution in [1.29, 1.82) is 0 Å². The van der Waals surface area contributed by atoms with E-state index in [0.717, 1.165) is 43.2 Å². The van der Waals surface area contributed by atoms with Crippen molar-refractivity contribution in [2.24, 2.45) is 0 Å². The quantitative estimate of drug-likeness (QED) is 0.785. The molecule has 1 aliphatic heterocycles. The molecule has 1 aromatic carbocycles. The van der Waals surface area contributed by atoms with E-state index in [9.17, 15) is 4.79 Å². The number of hydrogen-bond donors (Lipinski definition) is 1. The summed E-state index contributed by atoms with van der Waals surface area (Å²) in [6.07, 6.45) is 1.78. The van der Waals surface area contributed by atoms with Gasteiger partial charge in [-0.3, -0.25) is 4.79 Å². The Morgan fingerprint density at radius 1 is 1.15 bits per heavy atom. The monoisotopic (exact) mass is 350 g/mol. The summed E-state index contributed by atoms with van der Waals surface area (Å²) < 4.78 is 7.31. The summed E-state index contributed by atoms with van der Waals surface area (Å²) in [5.74, 6) is -0.162. The van der Waals surface area contributed by atoms with Crippen LogP contribution in [0.4, 0.5) is 5.69 Å². The molecular formula is C20H22N4O2. The standard InChI is InChI=1S/C20H22N4O2/c1-15-3-2-4-19-22-18(14-24(15)19)20(25)21-13-16-5-7-17(8-6-16)23-9-11-26-12-10-23/h2-8,14H,9-13H2,1H3,(H,21,25). The van der Waals surface area contributed by atoms with Crippen molar-refractivity contribution in [1.82, 2.24) is 14.7 Å². The molecule has 1 N–H and O–H groups in total. The lowest BCUT2D eigenvalue weighted by Crippen LogP contribution is -2.36. The minimum absolute atomic E-state index is 0.162. The normalized spacial score (nSPS) is 14.6. The van der Waals surface area contributed by atoms with Gasteiger partial charge in [0, 0.05) is 37.2 Å². The highest BCUT2D eigenvalue weighted by Crippen LogP contribution is 2.16. The molecule has 2 aromatic heterocycles. The first-order valence-corrected chi connectivity index (χ1v) is 8.85. The van der Waals surface area contributed by atoms with Gasteiger partial charge >= 0.3 is 0 Å². The number of anilines is 1. The highest BCUT2D eigenvalue weighted by atomic mass is 16.5. The van der Waals surface area contributed by atoms with E-state index in [1.807, 2.05) is 29.5 Å². The van der Waals surface area contributed by atoms with Crippen LogP contribution in [0, 0.1) is 6.92 Å². The molecule has 134 valence electrons. The number of morpholine rings is 1. The summed E-state index contributed by atoms with van der Waals surface area (Å²) in [5, 5.41) is 2.95. The third-order valence-corrected chi connectivity index (χ3v) is 4.69. The predicted octanol–water partition coefficient (Wildman–Crippen LogP) is 2.41. The molecule has 0 aliphatic carbocycles. The Balaban J connectivity index is 1.39. The Morgan fingerprint density at radius 2 is 1.92 bits per heavy atom. The van der Waals surface area contributed by atoms with Crippen LogP contribution >= 0.6 is 0 Å². The lowest BCUT2D eigenvalue weighted by Gasteiger charge is -2.28. The summed E-state index contributed by atoms with van der Waals surface area (Å²) in [5.41, 5.74) is 4.52. The Morgan fingerprint density at radius 3 is 2.65 bits per heavy atom. The molecule has 1 saturated heterocycles. The van der Waals surface area contributed by atoms with Crippen LogP contribution in [-0.4, -0.2) is 41.6 Å². The number of amides is 1. The third kappa shape index (κ3) is 3.41. The lowest BCUT2D eigenvalue weighted by molar-refractivity contribution is 0.0946. The molecule has 0 bridgehead atoms. The molecule has 3 aromatic rings. The zero-order valence-corrected chi connectivity index (χ0v) is 14.8. The Kier molecular flexibility index (Phi) is 4.58. The minimum atomic E-state index is -0.162. The van der Waals surface area contributed by atoms with E-state index < -0.39 is 0 Å². The molecule has 1 fully saturated rings. The summed E-state index contributed by atoms with van der Waals surface area (Å²) in [4.78, 5) is 19.1. The number of nitrogens with zero attached hydrogens (tertiary/aromatic N) is 3. The fourth-order valence-corrected chi connectivity index (χ4v) is 3.18. The van der Waals surface area contributed by atoms with Gasteiger partial charge in [0.2, 0.25) is 0 Å². The van der Waals surface area contributed by atoms with E-state index in [4.69, 9.17) is 4.74 Å². The van der Waals surface area contributed by atoms with Crippen molar-refractivity contribution in [3.05, 3.63) is 65.6 Å². The van der Waals surface area contributed by atoms with Crippen molar-refractivity contribution in [3.63, 3.8) is 0 Å². The van der Waals surface area contributed by atoms with Crippen molar-refractivity contribution >= 4 is 17.2 Å². The highest BCUT2D eigenvalue weighted by Gasteiger charge is 2.12. The minimum Gasteiger partial charge on any atom is -0.378 e. The number of pyridine rings is 1. The second kappa shape index (κ2) is 7.17. The second-order valence-corrected chi connectivity index (χ2v) is 6.47. The van der Waals surface area contributed by atoms with E-state index in [0.29, 0.717) is 12.2 Å². The van der Waals surface area contributed by atoms with Crippen LogP contribution in [0.3, 0.4) is 0 Å². The molecule has 6 nitrogen and oxygen atoms in total.